The first kappa shape index (κ1) is 16.6. The topological polar surface area (TPSA) is 56.5 Å². The Morgan fingerprint density at radius 1 is 1.08 bits per heavy atom. The molecule has 3 rings (SSSR count). The van der Waals surface area contributed by atoms with Crippen LogP contribution in [0, 0.1) is 0 Å². The molecule has 0 N–H and O–H groups in total. The van der Waals surface area contributed by atoms with E-state index in [0.717, 1.165) is 10.3 Å². The van der Waals surface area contributed by atoms with Crippen molar-refractivity contribution in [1.82, 2.24) is 0 Å². The van der Waals surface area contributed by atoms with Gasteiger partial charge in [0.15, 0.2) is 0 Å². The van der Waals surface area contributed by atoms with Gasteiger partial charge < -0.3 is 9.15 Å². The quantitative estimate of drug-likeness (QED) is 0.289. The first-order valence-electron chi connectivity index (χ1n) is 7.23. The lowest BCUT2D eigenvalue weighted by molar-refractivity contribution is -0.133. The van der Waals surface area contributed by atoms with Crippen molar-refractivity contribution in [2.24, 2.45) is 0 Å². The van der Waals surface area contributed by atoms with Crippen LogP contribution in [-0.2, 0) is 4.79 Å². The van der Waals surface area contributed by atoms with Crippen LogP contribution in [0.1, 0.15) is 6.42 Å². The number of hydrogen-bond donors (Lipinski definition) is 0. The molecule has 1 heterocycles. The van der Waals surface area contributed by atoms with Crippen LogP contribution in [-0.4, -0.2) is 11.7 Å². The fraction of sp³-hybridized carbons (Fsp3) is 0.111. The first-order valence-corrected chi connectivity index (χ1v) is 8.59. The van der Waals surface area contributed by atoms with E-state index in [2.05, 4.69) is 0 Å². The zero-order chi connectivity index (χ0) is 16.9. The van der Waals surface area contributed by atoms with Crippen molar-refractivity contribution < 1.29 is 13.9 Å². The summed E-state index contributed by atoms with van der Waals surface area (Å²) in [5.41, 5.74) is -0.0475. The van der Waals surface area contributed by atoms with Gasteiger partial charge >= 0.3 is 11.6 Å². The van der Waals surface area contributed by atoms with Gasteiger partial charge in [-0.25, -0.2) is 4.79 Å². The number of carbonyl (C=O) groups excluding carboxylic acids is 1. The highest BCUT2D eigenvalue weighted by atomic mass is 35.5. The Bertz CT molecular complexity index is 918. The Hall–Kier alpha value is -2.24. The summed E-state index contributed by atoms with van der Waals surface area (Å²) in [5, 5.41) is 1.45. The third-order valence-corrected chi connectivity index (χ3v) is 4.48. The molecule has 0 fully saturated rings. The minimum atomic E-state index is -0.439. The Morgan fingerprint density at radius 2 is 1.83 bits per heavy atom. The van der Waals surface area contributed by atoms with E-state index in [1.54, 1.807) is 36.0 Å². The van der Waals surface area contributed by atoms with Gasteiger partial charge in [-0.15, -0.1) is 11.8 Å². The summed E-state index contributed by atoms with van der Waals surface area (Å²) in [4.78, 5) is 24.2. The minimum Gasteiger partial charge on any atom is -0.426 e. The Kier molecular flexibility index (Phi) is 5.23. The minimum absolute atomic E-state index is 0.268. The summed E-state index contributed by atoms with van der Waals surface area (Å²) in [5.74, 6) is 0.621. The second-order valence-electron chi connectivity index (χ2n) is 4.98. The average molecular weight is 361 g/mol. The molecule has 0 spiro atoms. The molecule has 0 aliphatic rings. The van der Waals surface area contributed by atoms with Gasteiger partial charge in [0, 0.05) is 33.2 Å². The number of carbonyl (C=O) groups is 1. The third-order valence-electron chi connectivity index (χ3n) is 3.21. The zero-order valence-electron chi connectivity index (χ0n) is 12.5. The van der Waals surface area contributed by atoms with E-state index in [0.29, 0.717) is 22.1 Å². The van der Waals surface area contributed by atoms with Crippen molar-refractivity contribution in [1.29, 1.82) is 0 Å². The first-order chi connectivity index (χ1) is 11.6. The molecule has 0 saturated heterocycles. The second kappa shape index (κ2) is 7.55. The third kappa shape index (κ3) is 4.40. The van der Waals surface area contributed by atoms with Crippen LogP contribution in [0.15, 0.2) is 68.7 Å². The van der Waals surface area contributed by atoms with Crippen LogP contribution in [0.25, 0.3) is 11.0 Å². The number of ether oxygens (including phenoxy) is 1. The SMILES string of the molecule is O=C(CCSc1ccc(Cl)cc1)Oc1ccc2ccc(=O)oc2c1. The number of fused-ring (bicyclic) bond motifs is 1. The Labute approximate surface area is 147 Å². The number of halogens is 1. The van der Waals surface area contributed by atoms with Gasteiger partial charge in [0.2, 0.25) is 0 Å². The van der Waals surface area contributed by atoms with Gasteiger partial charge in [-0.05, 0) is 42.5 Å². The molecule has 0 saturated carbocycles. The lowest BCUT2D eigenvalue weighted by Gasteiger charge is -2.05. The molecule has 1 aromatic heterocycles. The van der Waals surface area contributed by atoms with Gasteiger partial charge in [-0.1, -0.05) is 11.6 Å². The van der Waals surface area contributed by atoms with Crippen molar-refractivity contribution in [3.63, 3.8) is 0 Å². The number of benzene rings is 2. The number of thioether (sulfide) groups is 1. The van der Waals surface area contributed by atoms with Gasteiger partial charge in [0.05, 0.1) is 6.42 Å². The number of hydrogen-bond acceptors (Lipinski definition) is 5. The molecule has 4 nitrogen and oxygen atoms in total. The molecule has 122 valence electrons. The van der Waals surface area contributed by atoms with Crippen LogP contribution in [0.4, 0.5) is 0 Å². The smallest absolute Gasteiger partial charge is 0.336 e. The maximum absolute atomic E-state index is 11.9. The van der Waals surface area contributed by atoms with E-state index < -0.39 is 5.63 Å². The van der Waals surface area contributed by atoms with Crippen LogP contribution >= 0.6 is 23.4 Å². The zero-order valence-corrected chi connectivity index (χ0v) is 14.1. The summed E-state index contributed by atoms with van der Waals surface area (Å²) in [6.07, 6.45) is 0.268. The summed E-state index contributed by atoms with van der Waals surface area (Å²) in [6, 6.07) is 15.4. The highest BCUT2D eigenvalue weighted by Crippen LogP contribution is 2.22. The summed E-state index contributed by atoms with van der Waals surface area (Å²) >= 11 is 7.38. The summed E-state index contributed by atoms with van der Waals surface area (Å²) in [7, 11) is 0. The molecule has 6 heteroatoms. The molecule has 0 amide bonds. The molecule has 0 aliphatic heterocycles. The Balaban J connectivity index is 1.56. The fourth-order valence-corrected chi connectivity index (χ4v) is 3.03. The largest absolute Gasteiger partial charge is 0.426 e. The van der Waals surface area contributed by atoms with E-state index in [-0.39, 0.29) is 12.4 Å². The summed E-state index contributed by atoms with van der Waals surface area (Å²) in [6.45, 7) is 0. The molecule has 0 atom stereocenters. The molecular formula is C18H13ClO4S. The van der Waals surface area contributed by atoms with E-state index in [4.69, 9.17) is 20.8 Å². The molecular weight excluding hydrogens is 348 g/mol. The van der Waals surface area contributed by atoms with E-state index >= 15 is 0 Å². The average Bonchev–Trinajstić information content (AvgIpc) is 2.56. The predicted octanol–water partition coefficient (Wildman–Crippen LogP) is 4.53. The van der Waals surface area contributed by atoms with Crippen LogP contribution in [0.5, 0.6) is 5.75 Å². The highest BCUT2D eigenvalue weighted by Gasteiger charge is 2.07. The maximum Gasteiger partial charge on any atom is 0.336 e. The van der Waals surface area contributed by atoms with Crippen LogP contribution < -0.4 is 10.4 Å². The standard InChI is InChI=1S/C18H13ClO4S/c19-13-3-6-15(7-4-13)24-10-9-18(21)22-14-5-1-12-2-8-17(20)23-16(12)11-14/h1-8,11H,9-10H2. The van der Waals surface area contributed by atoms with Crippen molar-refractivity contribution >= 4 is 40.3 Å². The van der Waals surface area contributed by atoms with Crippen molar-refractivity contribution in [3.8, 4) is 5.75 Å². The lowest BCUT2D eigenvalue weighted by atomic mass is 10.2. The van der Waals surface area contributed by atoms with E-state index in [9.17, 15) is 9.59 Å². The number of esters is 1. The maximum atomic E-state index is 11.9. The molecule has 3 aromatic rings. The lowest BCUT2D eigenvalue weighted by Crippen LogP contribution is -2.08. The van der Waals surface area contributed by atoms with Crippen molar-refractivity contribution in [3.05, 3.63) is 70.0 Å². The van der Waals surface area contributed by atoms with E-state index in [1.165, 1.54) is 6.07 Å². The second-order valence-corrected chi connectivity index (χ2v) is 6.59. The molecule has 0 unspecified atom stereocenters. The molecule has 2 aromatic carbocycles. The monoisotopic (exact) mass is 360 g/mol. The molecule has 0 bridgehead atoms. The highest BCUT2D eigenvalue weighted by molar-refractivity contribution is 7.99. The fourth-order valence-electron chi connectivity index (χ4n) is 2.07. The van der Waals surface area contributed by atoms with Crippen molar-refractivity contribution in [2.45, 2.75) is 11.3 Å². The summed E-state index contributed by atoms with van der Waals surface area (Å²) < 4.78 is 10.4. The van der Waals surface area contributed by atoms with Gasteiger partial charge in [0.1, 0.15) is 11.3 Å². The molecule has 0 radical (unpaired) electrons. The normalized spacial score (nSPS) is 10.7. The molecule has 0 aliphatic carbocycles. The van der Waals surface area contributed by atoms with Gasteiger partial charge in [0.25, 0.3) is 0 Å². The van der Waals surface area contributed by atoms with Gasteiger partial charge in [-0.3, -0.25) is 4.79 Å². The van der Waals surface area contributed by atoms with E-state index in [1.807, 2.05) is 24.3 Å². The molecule has 24 heavy (non-hydrogen) atoms. The van der Waals surface area contributed by atoms with Gasteiger partial charge in [-0.2, -0.15) is 0 Å². The van der Waals surface area contributed by atoms with Crippen LogP contribution in [0.2, 0.25) is 5.02 Å². The predicted molar refractivity (Wildman–Crippen MR) is 94.9 cm³/mol. The van der Waals surface area contributed by atoms with Crippen molar-refractivity contribution in [2.75, 3.05) is 5.75 Å². The Morgan fingerprint density at radius 3 is 2.62 bits per heavy atom. The van der Waals surface area contributed by atoms with Crippen LogP contribution in [0.3, 0.4) is 0 Å². The number of rotatable bonds is 5.